The number of ether oxygens (including phenoxy) is 1. The van der Waals surface area contributed by atoms with Crippen LogP contribution in [0.15, 0.2) is 88.9 Å². The molecule has 6 nitrogen and oxygen atoms in total. The molecule has 3 rings (SSSR count). The van der Waals surface area contributed by atoms with Crippen LogP contribution in [0.5, 0.6) is 0 Å². The molecule has 160 valence electrons. The van der Waals surface area contributed by atoms with Crippen LogP contribution in [0.1, 0.15) is 34.0 Å². The smallest absolute Gasteiger partial charge is 0.338 e. The minimum Gasteiger partial charge on any atom is -0.462 e. The molecule has 0 spiro atoms. The third kappa shape index (κ3) is 6.02. The molecule has 0 saturated carbocycles. The van der Waals surface area contributed by atoms with Gasteiger partial charge in [-0.15, -0.1) is 0 Å². The zero-order valence-corrected chi connectivity index (χ0v) is 18.2. The average Bonchev–Trinajstić information content (AvgIpc) is 2.78. The van der Waals surface area contributed by atoms with E-state index < -0.39 is 10.0 Å². The summed E-state index contributed by atoms with van der Waals surface area (Å²) in [5.41, 5.74) is 3.66. The number of nitrogens with one attached hydrogen (secondary N) is 1. The van der Waals surface area contributed by atoms with Gasteiger partial charge < -0.3 is 4.74 Å². The van der Waals surface area contributed by atoms with Gasteiger partial charge in [0.15, 0.2) is 0 Å². The van der Waals surface area contributed by atoms with Crippen molar-refractivity contribution in [2.45, 2.75) is 25.2 Å². The van der Waals surface area contributed by atoms with E-state index >= 15 is 0 Å². The molecule has 0 bridgehead atoms. The fraction of sp³-hybridized carbons (Fsp3) is 0.167. The van der Waals surface area contributed by atoms with Gasteiger partial charge in [0.25, 0.3) is 10.0 Å². The normalized spacial score (nSPS) is 11.7. The van der Waals surface area contributed by atoms with Crippen molar-refractivity contribution in [2.75, 3.05) is 6.61 Å². The lowest BCUT2D eigenvalue weighted by molar-refractivity contribution is 0.0526. The monoisotopic (exact) mass is 436 g/mol. The van der Waals surface area contributed by atoms with Crippen LogP contribution in [-0.2, 0) is 21.2 Å². The highest BCUT2D eigenvalue weighted by atomic mass is 32.2. The van der Waals surface area contributed by atoms with Gasteiger partial charge in [0.2, 0.25) is 0 Å². The quantitative estimate of drug-likeness (QED) is 0.327. The van der Waals surface area contributed by atoms with Crippen molar-refractivity contribution < 1.29 is 17.9 Å². The molecule has 0 aromatic heterocycles. The molecule has 0 radical (unpaired) electrons. The van der Waals surface area contributed by atoms with E-state index in [1.54, 1.807) is 55.5 Å². The lowest BCUT2D eigenvalue weighted by Crippen LogP contribution is -2.21. The van der Waals surface area contributed by atoms with Crippen LogP contribution in [0.3, 0.4) is 0 Å². The zero-order valence-electron chi connectivity index (χ0n) is 17.4. The van der Waals surface area contributed by atoms with Gasteiger partial charge in [0, 0.05) is 6.42 Å². The van der Waals surface area contributed by atoms with Crippen molar-refractivity contribution >= 4 is 21.7 Å². The Morgan fingerprint density at radius 3 is 2.16 bits per heavy atom. The number of hydrazone groups is 1. The number of rotatable bonds is 8. The van der Waals surface area contributed by atoms with Crippen molar-refractivity contribution in [2.24, 2.45) is 5.10 Å². The molecule has 0 saturated heterocycles. The summed E-state index contributed by atoms with van der Waals surface area (Å²) in [4.78, 5) is 14.3. The Balaban J connectivity index is 1.85. The Morgan fingerprint density at radius 1 is 0.903 bits per heavy atom. The van der Waals surface area contributed by atoms with Crippen molar-refractivity contribution in [3.8, 4) is 0 Å². The molecule has 0 amide bonds. The highest BCUT2D eigenvalue weighted by Gasteiger charge is 2.14. The van der Waals surface area contributed by atoms with Crippen LogP contribution < -0.4 is 4.83 Å². The SMILES string of the molecule is CCOC(=O)c1ccc(C/C(=N\NS(=O)(=O)c2ccc(C)cc2)c2ccccc2)cc1. The molecule has 3 aromatic rings. The maximum Gasteiger partial charge on any atom is 0.338 e. The molecule has 0 aliphatic rings. The summed E-state index contributed by atoms with van der Waals surface area (Å²) in [6, 6.07) is 22.9. The van der Waals surface area contributed by atoms with E-state index in [0.29, 0.717) is 24.3 Å². The minimum absolute atomic E-state index is 0.146. The predicted octanol–water partition coefficient (Wildman–Crippen LogP) is 4.10. The van der Waals surface area contributed by atoms with E-state index in [4.69, 9.17) is 4.74 Å². The average molecular weight is 437 g/mol. The molecule has 0 heterocycles. The van der Waals surface area contributed by atoms with E-state index in [9.17, 15) is 13.2 Å². The second-order valence-corrected chi connectivity index (χ2v) is 8.59. The standard InChI is InChI=1S/C24H24N2O4S/c1-3-30-24(27)21-13-11-19(12-14-21)17-23(20-7-5-4-6-8-20)25-26-31(28,29)22-15-9-18(2)10-16-22/h4-16,26H,3,17H2,1-2H3/b25-23+. The van der Waals surface area contributed by atoms with Crippen LogP contribution in [0, 0.1) is 6.92 Å². The number of sulfonamides is 1. The lowest BCUT2D eigenvalue weighted by Gasteiger charge is -2.10. The van der Waals surface area contributed by atoms with E-state index in [2.05, 4.69) is 9.93 Å². The number of aryl methyl sites for hydroxylation is 1. The molecular formula is C24H24N2O4S. The second kappa shape index (κ2) is 10.0. The van der Waals surface area contributed by atoms with Crippen molar-refractivity contribution in [3.05, 3.63) is 101 Å². The molecular weight excluding hydrogens is 412 g/mol. The van der Waals surface area contributed by atoms with Crippen LogP contribution in [-0.4, -0.2) is 26.7 Å². The second-order valence-electron chi connectivity index (χ2n) is 6.93. The maximum absolute atomic E-state index is 12.6. The molecule has 31 heavy (non-hydrogen) atoms. The molecule has 1 N–H and O–H groups in total. The number of hydrogen-bond acceptors (Lipinski definition) is 5. The zero-order chi connectivity index (χ0) is 22.3. The molecule has 0 aliphatic carbocycles. The van der Waals surface area contributed by atoms with E-state index in [1.807, 2.05) is 37.3 Å². The highest BCUT2D eigenvalue weighted by Crippen LogP contribution is 2.13. The Bertz CT molecular complexity index is 1150. The Kier molecular flexibility index (Phi) is 7.20. The van der Waals surface area contributed by atoms with Gasteiger partial charge in [-0.1, -0.05) is 60.2 Å². The largest absolute Gasteiger partial charge is 0.462 e. The van der Waals surface area contributed by atoms with Gasteiger partial charge >= 0.3 is 5.97 Å². The summed E-state index contributed by atoms with van der Waals surface area (Å²) in [6.07, 6.45) is 0.379. The molecule has 3 aromatic carbocycles. The summed E-state index contributed by atoms with van der Waals surface area (Å²) in [7, 11) is -3.80. The van der Waals surface area contributed by atoms with Crippen LogP contribution >= 0.6 is 0 Å². The minimum atomic E-state index is -3.80. The van der Waals surface area contributed by atoms with Gasteiger partial charge in [0.1, 0.15) is 0 Å². The summed E-state index contributed by atoms with van der Waals surface area (Å²) in [5.74, 6) is -0.378. The van der Waals surface area contributed by atoms with Gasteiger partial charge in [-0.25, -0.2) is 4.79 Å². The first-order valence-corrected chi connectivity index (χ1v) is 11.3. The number of carbonyl (C=O) groups excluding carboxylic acids is 1. The van der Waals surface area contributed by atoms with Gasteiger partial charge in [-0.05, 0) is 49.2 Å². The fourth-order valence-electron chi connectivity index (χ4n) is 2.89. The molecule has 0 atom stereocenters. The summed E-state index contributed by atoms with van der Waals surface area (Å²) in [6.45, 7) is 3.96. The predicted molar refractivity (Wildman–Crippen MR) is 121 cm³/mol. The number of hydrogen-bond donors (Lipinski definition) is 1. The topological polar surface area (TPSA) is 84.8 Å². The first-order chi connectivity index (χ1) is 14.9. The van der Waals surface area contributed by atoms with E-state index in [-0.39, 0.29) is 10.9 Å². The third-order valence-corrected chi connectivity index (χ3v) is 5.80. The van der Waals surface area contributed by atoms with Crippen LogP contribution in [0.25, 0.3) is 0 Å². The Hall–Kier alpha value is -3.45. The number of esters is 1. The maximum atomic E-state index is 12.6. The molecule has 7 heteroatoms. The van der Waals surface area contributed by atoms with Crippen molar-refractivity contribution in [1.29, 1.82) is 0 Å². The van der Waals surface area contributed by atoms with Gasteiger partial charge in [0.05, 0.1) is 22.8 Å². The Labute approximate surface area is 182 Å². The van der Waals surface area contributed by atoms with Crippen LogP contribution in [0.2, 0.25) is 0 Å². The first kappa shape index (κ1) is 22.2. The van der Waals surface area contributed by atoms with E-state index in [0.717, 1.165) is 16.7 Å². The van der Waals surface area contributed by atoms with Crippen molar-refractivity contribution in [3.63, 3.8) is 0 Å². The molecule has 0 fully saturated rings. The summed E-state index contributed by atoms with van der Waals surface area (Å²) >= 11 is 0. The molecule has 0 aliphatic heterocycles. The van der Waals surface area contributed by atoms with Gasteiger partial charge in [-0.3, -0.25) is 0 Å². The van der Waals surface area contributed by atoms with E-state index in [1.165, 1.54) is 0 Å². The summed E-state index contributed by atoms with van der Waals surface area (Å²) in [5, 5.41) is 4.23. The fourth-order valence-corrected chi connectivity index (χ4v) is 3.72. The van der Waals surface area contributed by atoms with Crippen LogP contribution in [0.4, 0.5) is 0 Å². The number of carbonyl (C=O) groups is 1. The Morgan fingerprint density at radius 2 is 1.55 bits per heavy atom. The first-order valence-electron chi connectivity index (χ1n) is 9.85. The van der Waals surface area contributed by atoms with Gasteiger partial charge in [-0.2, -0.15) is 18.4 Å². The van der Waals surface area contributed by atoms with Crippen molar-refractivity contribution in [1.82, 2.24) is 4.83 Å². The highest BCUT2D eigenvalue weighted by molar-refractivity contribution is 7.89. The lowest BCUT2D eigenvalue weighted by atomic mass is 10.0. The molecule has 0 unspecified atom stereocenters. The number of benzene rings is 3. The summed E-state index contributed by atoms with van der Waals surface area (Å²) < 4.78 is 30.3. The number of nitrogens with zero attached hydrogens (tertiary/aromatic N) is 1. The third-order valence-electron chi connectivity index (χ3n) is 4.58.